The molecule has 520 valence electrons. The Morgan fingerprint density at radius 3 is 0.968 bits per heavy atom. The van der Waals surface area contributed by atoms with E-state index in [0.29, 0.717) is 26.7 Å². The molecule has 6 amide bonds. The Bertz CT molecular complexity index is 3000. The second-order valence-corrected chi connectivity index (χ2v) is 23.3. The van der Waals surface area contributed by atoms with E-state index in [-0.39, 0.29) is 16.8 Å². The fraction of sp³-hybridized carbons (Fsp3) is 0.439. The number of carbonyl (C=O) groups is 6. The molecule has 94 heavy (non-hydrogen) atoms. The molecule has 4 rings (SSSR count). The number of hydrogen-bond acceptors (Lipinski definition) is 28. The van der Waals surface area contributed by atoms with E-state index in [1.165, 1.54) is 54.8 Å². The van der Waals surface area contributed by atoms with Crippen molar-refractivity contribution in [2.75, 3.05) is 80.6 Å². The van der Waals surface area contributed by atoms with Gasteiger partial charge in [-0.15, -0.1) is 0 Å². The van der Waals surface area contributed by atoms with Crippen LogP contribution >= 0.6 is 47.8 Å². The van der Waals surface area contributed by atoms with Gasteiger partial charge < -0.3 is 138 Å². The first-order valence-corrected chi connectivity index (χ1v) is 30.3. The molecule has 4 aromatic carbocycles. The van der Waals surface area contributed by atoms with E-state index < -0.39 is 222 Å². The third-order valence-electron chi connectivity index (χ3n) is 14.1. The number of hydrogen-bond donors (Lipinski definition) is 25. The molecule has 0 aliphatic rings. The SMILES string of the molecule is C=CONc1ccc(C(=O)Nc2ccc(C(=O)Nc3ccc(C(=O)NCC(=O)Nc4c(Br)c(C(=O)N(CC(O)C(O)C(O)C(O)CO)CC(O)C(O)C(O)C(O)CO)c(Br)c(C(=O)N(CC(O)C(O)C(O)C(O)CO)CC(O)C(O)C(O)C(O)CO)c4Br)cc3)cc2)cc1. The van der Waals surface area contributed by atoms with Gasteiger partial charge in [0.2, 0.25) is 5.91 Å². The number of carbonyl (C=O) groups excluding carboxylic acids is 6. The normalized spacial score (nSPS) is 16.7. The Hall–Kier alpha value is -6.32. The van der Waals surface area contributed by atoms with Gasteiger partial charge in [0.25, 0.3) is 29.5 Å². The number of halogens is 3. The highest BCUT2D eigenvalue weighted by atomic mass is 79.9. The molecule has 0 radical (unpaired) electrons. The van der Waals surface area contributed by atoms with Crippen LogP contribution in [0.1, 0.15) is 51.8 Å². The fourth-order valence-electron chi connectivity index (χ4n) is 8.60. The summed E-state index contributed by atoms with van der Waals surface area (Å²) in [7, 11) is 0. The van der Waals surface area contributed by atoms with Crippen LogP contribution < -0.4 is 26.7 Å². The number of nitrogens with one attached hydrogen (secondary N) is 5. The molecule has 25 N–H and O–H groups in total. The predicted molar refractivity (Wildman–Crippen MR) is 337 cm³/mol. The van der Waals surface area contributed by atoms with Gasteiger partial charge >= 0.3 is 0 Å². The molecule has 0 heterocycles. The van der Waals surface area contributed by atoms with Gasteiger partial charge in [-0.25, -0.2) is 5.48 Å². The minimum atomic E-state index is -2.46. The zero-order valence-corrected chi connectivity index (χ0v) is 53.9. The van der Waals surface area contributed by atoms with Crippen molar-refractivity contribution < 1.29 is 136 Å². The van der Waals surface area contributed by atoms with Crippen molar-refractivity contribution in [3.05, 3.63) is 127 Å². The lowest BCUT2D eigenvalue weighted by Gasteiger charge is -2.35. The largest absolute Gasteiger partial charge is 0.394 e. The maximum absolute atomic E-state index is 15.2. The van der Waals surface area contributed by atoms with Crippen LogP contribution in [0.5, 0.6) is 0 Å². The van der Waals surface area contributed by atoms with E-state index in [0.717, 1.165) is 0 Å². The summed E-state index contributed by atoms with van der Waals surface area (Å²) in [6.07, 6.45) is -36.1. The van der Waals surface area contributed by atoms with E-state index >= 15 is 9.59 Å². The molecule has 0 saturated carbocycles. The average molecular weight is 1530 g/mol. The first-order valence-electron chi connectivity index (χ1n) is 27.9. The van der Waals surface area contributed by atoms with E-state index in [2.05, 4.69) is 81.1 Å². The molecule has 0 fully saturated rings. The second kappa shape index (κ2) is 37.8. The van der Waals surface area contributed by atoms with Crippen LogP contribution in [-0.4, -0.2) is 304 Å². The smallest absolute Gasteiger partial charge is 0.256 e. The molecule has 0 aliphatic carbocycles. The fourth-order valence-corrected chi connectivity index (χ4v) is 11.5. The summed E-state index contributed by atoms with van der Waals surface area (Å²) in [5, 5.41) is 218. The third-order valence-corrected chi connectivity index (χ3v) is 16.5. The zero-order valence-electron chi connectivity index (χ0n) is 49.1. The maximum Gasteiger partial charge on any atom is 0.256 e. The monoisotopic (exact) mass is 1530 g/mol. The number of nitrogens with zero attached hydrogens (tertiary/aromatic N) is 2. The van der Waals surface area contributed by atoms with Gasteiger partial charge in [-0.05, 0) is 121 Å². The van der Waals surface area contributed by atoms with Gasteiger partial charge in [0.1, 0.15) is 104 Å². The van der Waals surface area contributed by atoms with E-state index in [1.807, 2.05) is 0 Å². The van der Waals surface area contributed by atoms with Crippen LogP contribution in [-0.2, 0) is 9.63 Å². The Labute approximate surface area is 559 Å². The van der Waals surface area contributed by atoms with Gasteiger partial charge in [0.15, 0.2) is 0 Å². The number of rotatable bonds is 37. The highest BCUT2D eigenvalue weighted by Gasteiger charge is 2.41. The average Bonchev–Trinajstić information content (AvgIpc) is 0.757. The molecule has 37 heteroatoms. The summed E-state index contributed by atoms with van der Waals surface area (Å²) in [6, 6.07) is 17.4. The lowest BCUT2D eigenvalue weighted by Crippen LogP contribution is -2.54. The highest BCUT2D eigenvalue weighted by Crippen LogP contribution is 2.44. The summed E-state index contributed by atoms with van der Waals surface area (Å²) < 4.78 is -1.90. The molecular formula is C57H74Br3N7O27. The summed E-state index contributed by atoms with van der Waals surface area (Å²) >= 11 is 9.45. The summed E-state index contributed by atoms with van der Waals surface area (Å²) in [5.41, 5.74) is 1.72. The van der Waals surface area contributed by atoms with Crippen molar-refractivity contribution in [3.63, 3.8) is 0 Å². The minimum absolute atomic E-state index is 0.0818. The molecule has 0 spiro atoms. The van der Waals surface area contributed by atoms with Gasteiger partial charge in [-0.3, -0.25) is 28.8 Å². The predicted octanol–water partition coefficient (Wildman–Crippen LogP) is -6.04. The lowest BCUT2D eigenvalue weighted by atomic mass is 9.99. The van der Waals surface area contributed by atoms with Crippen molar-refractivity contribution in [2.24, 2.45) is 0 Å². The van der Waals surface area contributed by atoms with Crippen molar-refractivity contribution in [1.29, 1.82) is 0 Å². The standard InChI is InChI=1S/C57H74Br3N7O27/c1-2-94-65-29-13-7-26(8-14-29)55(91)63-28-11-5-25(6-12-28)54(90)62-27-9-3-24(4-10-27)53(89)61-15-38(80)64-44-42(59)39(56(92)66(16-30(72)45(81)49(85)34(76)20-68)17-31(73)46(82)50(86)35(77)21-69)41(58)40(43(44)60)57(93)67(18-32(74)47(83)51(87)36(78)22-70)19-33(75)48(84)52(88)37(79)23-71/h2-14,30-37,45-52,65,68-79,81-88H,1,15-23H2,(H,61,89)(H,62,90)(H,63,91)(H,64,80). The number of aliphatic hydroxyl groups is 20. The van der Waals surface area contributed by atoms with E-state index in [9.17, 15) is 121 Å². The van der Waals surface area contributed by atoms with Crippen LogP contribution in [0.2, 0.25) is 0 Å². The van der Waals surface area contributed by atoms with E-state index in [4.69, 9.17) is 4.84 Å². The minimum Gasteiger partial charge on any atom is -0.394 e. The third kappa shape index (κ3) is 21.6. The van der Waals surface area contributed by atoms with Crippen LogP contribution in [0.4, 0.5) is 22.7 Å². The molecule has 0 saturated heterocycles. The maximum atomic E-state index is 15.2. The van der Waals surface area contributed by atoms with Crippen molar-refractivity contribution >= 4 is 106 Å². The number of benzene rings is 4. The Morgan fingerprint density at radius 2 is 0.681 bits per heavy atom. The lowest BCUT2D eigenvalue weighted by molar-refractivity contribution is -0.127. The molecule has 0 bridgehead atoms. The molecule has 0 aromatic heterocycles. The van der Waals surface area contributed by atoms with Crippen LogP contribution in [0.3, 0.4) is 0 Å². The molecule has 16 unspecified atom stereocenters. The van der Waals surface area contributed by atoms with Crippen molar-refractivity contribution in [2.45, 2.75) is 97.7 Å². The van der Waals surface area contributed by atoms with Gasteiger partial charge in [0, 0.05) is 58.7 Å². The van der Waals surface area contributed by atoms with Gasteiger partial charge in [-0.1, -0.05) is 6.58 Å². The summed E-state index contributed by atoms with van der Waals surface area (Å²) in [6.45, 7) is -7.35. The Balaban J connectivity index is 1.75. The number of amides is 6. The Morgan fingerprint density at radius 1 is 0.404 bits per heavy atom. The first kappa shape index (κ1) is 80.1. The quantitative estimate of drug-likeness (QED) is 0.0148. The molecule has 34 nitrogen and oxygen atoms in total. The van der Waals surface area contributed by atoms with Crippen molar-refractivity contribution in [3.8, 4) is 0 Å². The van der Waals surface area contributed by atoms with Crippen LogP contribution in [0, 0.1) is 0 Å². The summed E-state index contributed by atoms with van der Waals surface area (Å²) in [4.78, 5) is 89.4. The molecule has 16 atom stereocenters. The zero-order chi connectivity index (χ0) is 70.6. The summed E-state index contributed by atoms with van der Waals surface area (Å²) in [5.74, 6) is -6.19. The van der Waals surface area contributed by atoms with Gasteiger partial charge in [-0.2, -0.15) is 0 Å². The Kier molecular flexibility index (Phi) is 32.2. The second-order valence-electron chi connectivity index (χ2n) is 20.9. The van der Waals surface area contributed by atoms with Gasteiger partial charge in [0.05, 0.1) is 64.4 Å². The van der Waals surface area contributed by atoms with Crippen LogP contribution in [0.25, 0.3) is 0 Å². The topological polar surface area (TPSA) is 583 Å². The first-order chi connectivity index (χ1) is 44.3. The van der Waals surface area contributed by atoms with E-state index in [1.54, 1.807) is 24.3 Å². The molecular weight excluding hydrogens is 1450 g/mol. The van der Waals surface area contributed by atoms with Crippen LogP contribution in [0.15, 0.2) is 99.1 Å². The highest BCUT2D eigenvalue weighted by molar-refractivity contribution is 9.11. The van der Waals surface area contributed by atoms with Crippen molar-refractivity contribution in [1.82, 2.24) is 15.1 Å². The molecule has 4 aromatic rings. The number of aliphatic hydroxyl groups excluding tert-OH is 20. The number of anilines is 4. The molecule has 0 aliphatic heterocycles.